The van der Waals surface area contributed by atoms with Gasteiger partial charge in [0.15, 0.2) is 11.4 Å². The zero-order valence-electron chi connectivity index (χ0n) is 44.4. The minimum atomic E-state index is 0.498. The second-order valence-corrected chi connectivity index (χ2v) is 21.4. The molecular weight excluding hydrogens is 979 g/mol. The van der Waals surface area contributed by atoms with E-state index in [4.69, 9.17) is 0 Å². The summed E-state index contributed by atoms with van der Waals surface area (Å²) in [5.41, 5.74) is 26.4. The Bertz CT molecular complexity index is 4850. The third-order valence-corrected chi connectivity index (χ3v) is 17.0. The van der Waals surface area contributed by atoms with Crippen molar-refractivity contribution in [3.05, 3.63) is 315 Å². The van der Waals surface area contributed by atoms with Crippen LogP contribution in [0.4, 0.5) is 22.7 Å². The van der Waals surface area contributed by atoms with E-state index in [9.17, 15) is 0 Å². The average Bonchev–Trinajstić information content (AvgIpc) is 4.29. The van der Waals surface area contributed by atoms with Crippen LogP contribution in [-0.4, -0.2) is 9.13 Å². The number of hydrogen-bond acceptors (Lipinski definition) is 0. The van der Waals surface area contributed by atoms with Gasteiger partial charge in [0.05, 0.1) is 33.2 Å². The summed E-state index contributed by atoms with van der Waals surface area (Å²) in [7, 11) is 0. The molecular formula is C78H52N3+. The molecule has 0 fully saturated rings. The second-order valence-electron chi connectivity index (χ2n) is 21.4. The molecule has 0 bridgehead atoms. The minimum absolute atomic E-state index is 0.498. The fourth-order valence-electron chi connectivity index (χ4n) is 13.2. The highest BCUT2D eigenvalue weighted by Crippen LogP contribution is 2.62. The van der Waals surface area contributed by atoms with Gasteiger partial charge in [0, 0.05) is 69.3 Å². The van der Waals surface area contributed by atoms with E-state index in [2.05, 4.69) is 325 Å². The molecule has 378 valence electrons. The summed E-state index contributed by atoms with van der Waals surface area (Å²) in [6.45, 7) is 0. The Kier molecular flexibility index (Phi) is 10.8. The molecule has 15 aromatic rings. The molecule has 81 heavy (non-hydrogen) atoms. The third-order valence-electron chi connectivity index (χ3n) is 17.0. The summed E-state index contributed by atoms with van der Waals surface area (Å²) in [5, 5.41) is 4.95. The lowest BCUT2D eigenvalue weighted by Gasteiger charge is -2.34. The fourth-order valence-corrected chi connectivity index (χ4v) is 13.2. The van der Waals surface area contributed by atoms with Crippen LogP contribution >= 0.6 is 0 Å². The summed E-state index contributed by atoms with van der Waals surface area (Å²) in [6, 6.07) is 116. The summed E-state index contributed by atoms with van der Waals surface area (Å²) in [6.07, 6.45) is 0. The molecule has 0 aliphatic carbocycles. The Labute approximate surface area is 471 Å². The normalized spacial score (nSPS) is 12.5. The lowest BCUT2D eigenvalue weighted by Crippen LogP contribution is -2.31. The Morgan fingerprint density at radius 3 is 1.12 bits per heavy atom. The molecule has 0 N–H and O–H groups in total. The number of hydrogen-bond donors (Lipinski definition) is 0. The zero-order valence-corrected chi connectivity index (χ0v) is 44.4. The van der Waals surface area contributed by atoms with Crippen LogP contribution in [0.25, 0.3) is 122 Å². The van der Waals surface area contributed by atoms with E-state index in [-0.39, 0.29) is 0 Å². The predicted molar refractivity (Wildman–Crippen MR) is 341 cm³/mol. The molecule has 1 aliphatic heterocycles. The first-order chi connectivity index (χ1) is 40.2. The number of rotatable bonds is 9. The van der Waals surface area contributed by atoms with E-state index in [0.717, 1.165) is 11.4 Å². The van der Waals surface area contributed by atoms with Gasteiger partial charge in [0.2, 0.25) is 0 Å². The topological polar surface area (TPSA) is 9.86 Å². The number of nitrogens with zero attached hydrogens (tertiary/aromatic N) is 3. The first-order valence-corrected chi connectivity index (χ1v) is 27.9. The summed E-state index contributed by atoms with van der Waals surface area (Å²) < 4.78 is 5.33. The zero-order chi connectivity index (χ0) is 53.4. The highest BCUT2D eigenvalue weighted by Gasteiger charge is 2.48. The lowest BCUT2D eigenvalue weighted by atomic mass is 9.98. The van der Waals surface area contributed by atoms with Crippen molar-refractivity contribution in [2.75, 3.05) is 0 Å². The van der Waals surface area contributed by atoms with Gasteiger partial charge in [-0.1, -0.05) is 194 Å². The van der Waals surface area contributed by atoms with Gasteiger partial charge in [0.25, 0.3) is 0 Å². The maximum Gasteiger partial charge on any atom is 0.156 e. The Hall–Kier alpha value is -10.6. The minimum Gasteiger partial charge on any atom is -0.309 e. The average molecular weight is 1030 g/mol. The molecule has 2 aromatic heterocycles. The Morgan fingerprint density at radius 1 is 0.198 bits per heavy atom. The largest absolute Gasteiger partial charge is 0.309 e. The van der Waals surface area contributed by atoms with E-state index < -0.39 is 0 Å². The molecule has 13 aromatic carbocycles. The van der Waals surface area contributed by atoms with E-state index in [0.29, 0.717) is 4.48 Å². The molecule has 0 atom stereocenters. The van der Waals surface area contributed by atoms with Gasteiger partial charge in [-0.15, -0.1) is 0 Å². The first kappa shape index (κ1) is 46.5. The number of aromatic nitrogens is 2. The Morgan fingerprint density at radius 2 is 0.568 bits per heavy atom. The van der Waals surface area contributed by atoms with Crippen molar-refractivity contribution in [1.29, 1.82) is 0 Å². The standard InChI is InChI=1S/C78H52N3/c1-3-17-53(18-4-1)55-37-43-63(44-38-55)79-73-29-11-7-25-67(73)71-51-61(41-47-75(71)79)62-42-48-76-72(52-62)68-26-8-12-30-74(68)80(76)64-23-15-21-59(49-64)57-33-35-58(36-34-57)60-22-16-24-66(50-60)81(65-45-39-56(40-46-65)54-19-5-2-6-20-54)77-31-13-9-27-69(77)70-28-10-14-32-78(70)81/h1-52H/q+1. The summed E-state index contributed by atoms with van der Waals surface area (Å²) >= 11 is 0. The maximum atomic E-state index is 2.43. The van der Waals surface area contributed by atoms with Crippen molar-refractivity contribution >= 4 is 66.4 Å². The molecule has 0 saturated heterocycles. The first-order valence-electron chi connectivity index (χ1n) is 27.9. The van der Waals surface area contributed by atoms with E-state index in [1.165, 1.54) is 133 Å². The van der Waals surface area contributed by atoms with Crippen molar-refractivity contribution < 1.29 is 0 Å². The number of benzene rings is 13. The van der Waals surface area contributed by atoms with Gasteiger partial charge in [-0.2, -0.15) is 4.48 Å². The molecule has 0 spiro atoms. The van der Waals surface area contributed by atoms with Crippen LogP contribution in [0.2, 0.25) is 0 Å². The van der Waals surface area contributed by atoms with Gasteiger partial charge in [-0.25, -0.2) is 0 Å². The number of fused-ring (bicyclic) bond motifs is 9. The fraction of sp³-hybridized carbons (Fsp3) is 0. The van der Waals surface area contributed by atoms with E-state index >= 15 is 0 Å². The molecule has 3 heteroatoms. The Balaban J connectivity index is 0.735. The summed E-state index contributed by atoms with van der Waals surface area (Å²) in [4.78, 5) is 0. The number of para-hydroxylation sites is 4. The van der Waals surface area contributed by atoms with Crippen LogP contribution in [0.15, 0.2) is 315 Å². The smallest absolute Gasteiger partial charge is 0.156 e. The molecule has 0 unspecified atom stereocenters. The molecule has 3 heterocycles. The van der Waals surface area contributed by atoms with Crippen LogP contribution in [0.5, 0.6) is 0 Å². The van der Waals surface area contributed by atoms with Crippen LogP contribution in [0.3, 0.4) is 0 Å². The van der Waals surface area contributed by atoms with Crippen LogP contribution in [0.1, 0.15) is 0 Å². The second kappa shape index (κ2) is 18.8. The monoisotopic (exact) mass is 1030 g/mol. The SMILES string of the molecule is c1ccc(-c2ccc(-n3c4ccccc4c4cc(-c5ccc6c(c5)c5ccccc5n6-c5cccc(-c6ccc(-c7cccc([N+]8(c9ccc(-c%10ccccc%10)cc9)c9ccccc9-c9ccccc98)c7)cc6)c5)ccc43)cc2)cc1. The van der Waals surface area contributed by atoms with Gasteiger partial charge in [-0.05, 0) is 141 Å². The maximum absolute atomic E-state index is 2.43. The van der Waals surface area contributed by atoms with Gasteiger partial charge in [0.1, 0.15) is 11.4 Å². The van der Waals surface area contributed by atoms with E-state index in [1.807, 2.05) is 0 Å². The molecule has 0 radical (unpaired) electrons. The predicted octanol–water partition coefficient (Wildman–Crippen LogP) is 21.5. The summed E-state index contributed by atoms with van der Waals surface area (Å²) in [5.74, 6) is 0. The highest BCUT2D eigenvalue weighted by molar-refractivity contribution is 6.13. The molecule has 1 aliphatic rings. The van der Waals surface area contributed by atoms with Crippen LogP contribution in [-0.2, 0) is 0 Å². The van der Waals surface area contributed by atoms with Crippen molar-refractivity contribution in [3.63, 3.8) is 0 Å². The molecule has 16 rings (SSSR count). The molecule has 0 amide bonds. The van der Waals surface area contributed by atoms with E-state index in [1.54, 1.807) is 0 Å². The van der Waals surface area contributed by atoms with Crippen molar-refractivity contribution in [2.24, 2.45) is 0 Å². The molecule has 0 saturated carbocycles. The number of quaternary nitrogens is 1. The van der Waals surface area contributed by atoms with Crippen LogP contribution in [0, 0.1) is 0 Å². The molecule has 3 nitrogen and oxygen atoms in total. The van der Waals surface area contributed by atoms with Crippen LogP contribution < -0.4 is 4.48 Å². The third kappa shape index (κ3) is 7.48. The van der Waals surface area contributed by atoms with Crippen molar-refractivity contribution in [1.82, 2.24) is 13.6 Å². The van der Waals surface area contributed by atoms with Crippen molar-refractivity contribution in [2.45, 2.75) is 0 Å². The quantitative estimate of drug-likeness (QED) is 0.128. The van der Waals surface area contributed by atoms with Gasteiger partial charge < -0.3 is 9.13 Å². The van der Waals surface area contributed by atoms with Crippen molar-refractivity contribution in [3.8, 4) is 78.1 Å². The van der Waals surface area contributed by atoms with Gasteiger partial charge >= 0.3 is 0 Å². The highest BCUT2D eigenvalue weighted by atomic mass is 15.4. The van der Waals surface area contributed by atoms with Gasteiger partial charge in [-0.3, -0.25) is 0 Å². The lowest BCUT2D eigenvalue weighted by molar-refractivity contribution is 0.721.